The van der Waals surface area contributed by atoms with Crippen LogP contribution >= 0.6 is 11.3 Å². The van der Waals surface area contributed by atoms with E-state index in [0.29, 0.717) is 17.5 Å². The van der Waals surface area contributed by atoms with E-state index in [1.165, 1.54) is 11.3 Å². The van der Waals surface area contributed by atoms with Crippen molar-refractivity contribution in [1.82, 2.24) is 15.2 Å². The van der Waals surface area contributed by atoms with Crippen LogP contribution in [0.3, 0.4) is 0 Å². The normalized spacial score (nSPS) is 16.4. The van der Waals surface area contributed by atoms with Crippen LogP contribution in [0.4, 0.5) is 5.13 Å². The Kier molecular flexibility index (Phi) is 5.32. The van der Waals surface area contributed by atoms with Crippen LogP contribution in [0.5, 0.6) is 0 Å². The van der Waals surface area contributed by atoms with E-state index in [-0.39, 0.29) is 5.91 Å². The molecule has 1 amide bonds. The van der Waals surface area contributed by atoms with E-state index in [4.69, 9.17) is 5.73 Å². The quantitative estimate of drug-likeness (QED) is 0.638. The van der Waals surface area contributed by atoms with Gasteiger partial charge < -0.3 is 16.0 Å². The molecule has 0 aromatic carbocycles. The highest BCUT2D eigenvalue weighted by molar-refractivity contribution is 7.15. The minimum Gasteiger partial charge on any atom is -0.383 e. The molecule has 3 N–H and O–H groups in total. The SMILES string of the molecule is CC(=C/NCC(=O)N1CCCC1)/C(N)=N\c1ncc(C)s1. The van der Waals surface area contributed by atoms with Crippen molar-refractivity contribution in [1.29, 1.82) is 0 Å². The lowest BCUT2D eigenvalue weighted by atomic mass is 10.3. The largest absolute Gasteiger partial charge is 0.383 e. The molecule has 1 aromatic rings. The number of aliphatic imine (C=N–C) groups is 1. The monoisotopic (exact) mass is 307 g/mol. The van der Waals surface area contributed by atoms with Gasteiger partial charge in [0, 0.05) is 35.9 Å². The standard InChI is InChI=1S/C14H21N5OS/c1-10(13(15)18-14-17-8-11(2)21-14)7-16-9-12(20)19-5-3-4-6-19/h7-8,16H,3-6,9H2,1-2H3,(H2,15,17,18)/b10-7-. The topological polar surface area (TPSA) is 83.6 Å². The maximum absolute atomic E-state index is 11.9. The van der Waals surface area contributed by atoms with Crippen molar-refractivity contribution >= 4 is 28.2 Å². The van der Waals surface area contributed by atoms with Crippen molar-refractivity contribution in [2.75, 3.05) is 19.6 Å². The molecular formula is C14H21N5OS. The number of amidine groups is 1. The first-order chi connectivity index (χ1) is 10.1. The Morgan fingerprint density at radius 3 is 2.90 bits per heavy atom. The third-order valence-electron chi connectivity index (χ3n) is 3.26. The fraction of sp³-hybridized carbons (Fsp3) is 0.500. The van der Waals surface area contributed by atoms with Crippen LogP contribution in [0.25, 0.3) is 0 Å². The van der Waals surface area contributed by atoms with Crippen LogP contribution in [0, 0.1) is 6.92 Å². The molecule has 1 fully saturated rings. The zero-order valence-electron chi connectivity index (χ0n) is 12.4. The first kappa shape index (κ1) is 15.5. The second-order valence-corrected chi connectivity index (χ2v) is 6.26. The van der Waals surface area contributed by atoms with Crippen LogP contribution < -0.4 is 11.1 Å². The van der Waals surface area contributed by atoms with Gasteiger partial charge in [0.05, 0.1) is 6.54 Å². The summed E-state index contributed by atoms with van der Waals surface area (Å²) in [5.41, 5.74) is 6.70. The van der Waals surface area contributed by atoms with E-state index in [1.807, 2.05) is 18.7 Å². The molecule has 0 radical (unpaired) electrons. The second kappa shape index (κ2) is 7.21. The van der Waals surface area contributed by atoms with Gasteiger partial charge in [0.1, 0.15) is 5.84 Å². The van der Waals surface area contributed by atoms with E-state index in [0.717, 1.165) is 36.4 Å². The van der Waals surface area contributed by atoms with Gasteiger partial charge in [-0.1, -0.05) is 0 Å². The predicted octanol–water partition coefficient (Wildman–Crippen LogP) is 1.56. The molecule has 0 atom stereocenters. The summed E-state index contributed by atoms with van der Waals surface area (Å²) in [6, 6.07) is 0. The number of likely N-dealkylation sites (tertiary alicyclic amines) is 1. The summed E-state index contributed by atoms with van der Waals surface area (Å²) in [6.07, 6.45) is 5.71. The summed E-state index contributed by atoms with van der Waals surface area (Å²) in [6.45, 7) is 5.86. The highest BCUT2D eigenvalue weighted by atomic mass is 32.1. The van der Waals surface area contributed by atoms with Crippen LogP contribution in [0.2, 0.25) is 0 Å². The lowest BCUT2D eigenvalue weighted by molar-refractivity contribution is -0.128. The molecule has 0 saturated carbocycles. The van der Waals surface area contributed by atoms with Crippen molar-refractivity contribution in [2.24, 2.45) is 10.7 Å². The van der Waals surface area contributed by atoms with Crippen molar-refractivity contribution in [2.45, 2.75) is 26.7 Å². The molecule has 1 aliphatic rings. The number of aryl methyl sites for hydroxylation is 1. The van der Waals surface area contributed by atoms with Crippen molar-refractivity contribution < 1.29 is 4.79 Å². The van der Waals surface area contributed by atoms with Crippen LogP contribution in [0.1, 0.15) is 24.6 Å². The number of nitrogens with one attached hydrogen (secondary N) is 1. The van der Waals surface area contributed by atoms with Crippen LogP contribution in [-0.4, -0.2) is 41.3 Å². The summed E-state index contributed by atoms with van der Waals surface area (Å²) in [7, 11) is 0. The van der Waals surface area contributed by atoms with E-state index < -0.39 is 0 Å². The lowest BCUT2D eigenvalue weighted by Gasteiger charge is -2.14. The maximum Gasteiger partial charge on any atom is 0.241 e. The maximum atomic E-state index is 11.9. The Bertz CT molecular complexity index is 557. The fourth-order valence-electron chi connectivity index (χ4n) is 2.03. The number of aromatic nitrogens is 1. The van der Waals surface area contributed by atoms with Gasteiger partial charge in [-0.05, 0) is 26.7 Å². The molecule has 0 unspecified atom stereocenters. The summed E-state index contributed by atoms with van der Waals surface area (Å²) in [4.78, 5) is 23.2. The Balaban J connectivity index is 1.85. The molecule has 0 spiro atoms. The van der Waals surface area contributed by atoms with Crippen LogP contribution in [-0.2, 0) is 4.79 Å². The van der Waals surface area contributed by atoms with Gasteiger partial charge in [0.2, 0.25) is 11.0 Å². The summed E-state index contributed by atoms with van der Waals surface area (Å²) < 4.78 is 0. The third kappa shape index (κ3) is 4.56. The van der Waals surface area contributed by atoms with Gasteiger partial charge in [-0.15, -0.1) is 11.3 Å². The van der Waals surface area contributed by atoms with E-state index in [2.05, 4.69) is 15.3 Å². The lowest BCUT2D eigenvalue weighted by Crippen LogP contribution is -2.34. The van der Waals surface area contributed by atoms with Crippen molar-refractivity contribution in [3.63, 3.8) is 0 Å². The molecule has 114 valence electrons. The number of carbonyl (C=O) groups is 1. The summed E-state index contributed by atoms with van der Waals surface area (Å²) >= 11 is 1.49. The molecular weight excluding hydrogens is 286 g/mol. The van der Waals surface area contributed by atoms with Crippen molar-refractivity contribution in [3.8, 4) is 0 Å². The third-order valence-corrected chi connectivity index (χ3v) is 4.07. The average Bonchev–Trinajstić information content (AvgIpc) is 3.10. The van der Waals surface area contributed by atoms with E-state index in [1.54, 1.807) is 12.4 Å². The van der Waals surface area contributed by atoms with Gasteiger partial charge in [0.25, 0.3) is 0 Å². The Morgan fingerprint density at radius 1 is 1.57 bits per heavy atom. The first-order valence-electron chi connectivity index (χ1n) is 7.01. The first-order valence-corrected chi connectivity index (χ1v) is 7.83. The average molecular weight is 307 g/mol. The predicted molar refractivity (Wildman–Crippen MR) is 85.7 cm³/mol. The Labute approximate surface area is 128 Å². The smallest absolute Gasteiger partial charge is 0.241 e. The van der Waals surface area contributed by atoms with Gasteiger partial charge in [-0.3, -0.25) is 4.79 Å². The summed E-state index contributed by atoms with van der Waals surface area (Å²) in [5, 5.41) is 3.65. The molecule has 7 heteroatoms. The van der Waals surface area contributed by atoms with E-state index in [9.17, 15) is 4.79 Å². The molecule has 1 aliphatic heterocycles. The van der Waals surface area contributed by atoms with Crippen LogP contribution in [0.15, 0.2) is 23.0 Å². The zero-order valence-corrected chi connectivity index (χ0v) is 13.2. The number of nitrogens with two attached hydrogens (primary N) is 1. The molecule has 6 nitrogen and oxygen atoms in total. The minimum atomic E-state index is 0.127. The number of nitrogens with zero attached hydrogens (tertiary/aromatic N) is 3. The molecule has 2 heterocycles. The molecule has 0 aliphatic carbocycles. The van der Waals surface area contributed by atoms with Gasteiger partial charge in [-0.2, -0.15) is 0 Å². The Morgan fingerprint density at radius 2 is 2.29 bits per heavy atom. The number of hydrogen-bond acceptors (Lipinski definition) is 5. The zero-order chi connectivity index (χ0) is 15.2. The number of rotatable bonds is 5. The molecule has 1 aromatic heterocycles. The molecule has 2 rings (SSSR count). The molecule has 21 heavy (non-hydrogen) atoms. The minimum absolute atomic E-state index is 0.127. The highest BCUT2D eigenvalue weighted by Crippen LogP contribution is 2.20. The number of hydrogen-bond donors (Lipinski definition) is 2. The van der Waals surface area contributed by atoms with Gasteiger partial charge >= 0.3 is 0 Å². The second-order valence-electron chi connectivity index (χ2n) is 5.05. The molecule has 1 saturated heterocycles. The number of carbonyl (C=O) groups excluding carboxylic acids is 1. The molecule has 0 bridgehead atoms. The van der Waals surface area contributed by atoms with Gasteiger partial charge in [0.15, 0.2) is 0 Å². The van der Waals surface area contributed by atoms with Crippen molar-refractivity contribution in [3.05, 3.63) is 22.8 Å². The van der Waals surface area contributed by atoms with Gasteiger partial charge in [-0.25, -0.2) is 9.98 Å². The fourth-order valence-corrected chi connectivity index (χ4v) is 2.67. The summed E-state index contributed by atoms with van der Waals surface area (Å²) in [5.74, 6) is 0.535. The number of thiazole rings is 1. The Hall–Kier alpha value is -1.89. The number of amides is 1. The highest BCUT2D eigenvalue weighted by Gasteiger charge is 2.16. The van der Waals surface area contributed by atoms with E-state index >= 15 is 0 Å².